The maximum absolute atomic E-state index is 11.2. The fraction of sp³-hybridized carbons (Fsp3) is 0.417. The minimum atomic E-state index is -0.311. The van der Waals surface area contributed by atoms with Crippen molar-refractivity contribution in [3.8, 4) is 5.75 Å². The van der Waals surface area contributed by atoms with Gasteiger partial charge in [0.15, 0.2) is 0 Å². The first kappa shape index (κ1) is 13.0. The van der Waals surface area contributed by atoms with Crippen LogP contribution in [0.15, 0.2) is 24.3 Å². The van der Waals surface area contributed by atoms with Crippen LogP contribution >= 0.6 is 15.9 Å². The highest BCUT2D eigenvalue weighted by Gasteiger charge is 2.15. The summed E-state index contributed by atoms with van der Waals surface area (Å²) in [6.45, 7) is 2.58. The normalized spacial score (nSPS) is 11.9. The molecule has 88 valence electrons. The van der Waals surface area contributed by atoms with Gasteiger partial charge in [0.1, 0.15) is 10.6 Å². The lowest BCUT2D eigenvalue weighted by atomic mass is 10.1. The maximum Gasteiger partial charge on any atom is 0.319 e. The van der Waals surface area contributed by atoms with Crippen molar-refractivity contribution in [2.24, 2.45) is 0 Å². The monoisotopic (exact) mass is 286 g/mol. The summed E-state index contributed by atoms with van der Waals surface area (Å²) in [5, 5.41) is 0. The van der Waals surface area contributed by atoms with Crippen molar-refractivity contribution in [2.45, 2.75) is 18.2 Å². The summed E-state index contributed by atoms with van der Waals surface area (Å²) in [5.74, 6) is 0.561. The van der Waals surface area contributed by atoms with Crippen molar-refractivity contribution in [1.29, 1.82) is 0 Å². The van der Waals surface area contributed by atoms with E-state index in [0.29, 0.717) is 13.0 Å². The fourth-order valence-electron chi connectivity index (χ4n) is 1.35. The third-order valence-electron chi connectivity index (χ3n) is 2.08. The molecule has 0 bridgehead atoms. The zero-order valence-electron chi connectivity index (χ0n) is 9.40. The average Bonchev–Trinajstić information content (AvgIpc) is 2.29. The van der Waals surface area contributed by atoms with Crippen molar-refractivity contribution in [1.82, 2.24) is 0 Å². The Morgan fingerprint density at radius 1 is 1.50 bits per heavy atom. The van der Waals surface area contributed by atoms with Crippen LogP contribution < -0.4 is 4.74 Å². The van der Waals surface area contributed by atoms with E-state index in [2.05, 4.69) is 20.7 Å². The van der Waals surface area contributed by atoms with Gasteiger partial charge in [-0.25, -0.2) is 0 Å². The van der Waals surface area contributed by atoms with E-state index in [-0.39, 0.29) is 10.8 Å². The van der Waals surface area contributed by atoms with E-state index in [4.69, 9.17) is 4.74 Å². The first-order chi connectivity index (χ1) is 7.67. The molecule has 0 spiro atoms. The van der Waals surface area contributed by atoms with Crippen LogP contribution in [0.1, 0.15) is 12.5 Å². The maximum atomic E-state index is 11.2. The third kappa shape index (κ3) is 3.85. The lowest BCUT2D eigenvalue weighted by Gasteiger charge is -2.09. The molecule has 1 aromatic carbocycles. The first-order valence-electron chi connectivity index (χ1n) is 5.11. The van der Waals surface area contributed by atoms with E-state index < -0.39 is 0 Å². The molecule has 1 rings (SSSR count). The van der Waals surface area contributed by atoms with Gasteiger partial charge in [0.25, 0.3) is 0 Å². The zero-order valence-corrected chi connectivity index (χ0v) is 11.0. The first-order valence-corrected chi connectivity index (χ1v) is 6.02. The smallest absolute Gasteiger partial charge is 0.319 e. The second kappa shape index (κ2) is 6.53. The van der Waals surface area contributed by atoms with E-state index in [9.17, 15) is 4.79 Å². The quantitative estimate of drug-likeness (QED) is 0.617. The summed E-state index contributed by atoms with van der Waals surface area (Å²) >= 11 is 3.29. The second-order valence-corrected chi connectivity index (χ2v) is 4.38. The van der Waals surface area contributed by atoms with E-state index in [1.807, 2.05) is 31.2 Å². The minimum absolute atomic E-state index is 0.262. The molecule has 0 heterocycles. The number of methoxy groups -OCH3 is 1. The zero-order chi connectivity index (χ0) is 12.0. The van der Waals surface area contributed by atoms with Gasteiger partial charge in [-0.1, -0.05) is 28.1 Å². The highest BCUT2D eigenvalue weighted by molar-refractivity contribution is 9.10. The van der Waals surface area contributed by atoms with Crippen molar-refractivity contribution in [3.05, 3.63) is 29.8 Å². The number of halogens is 1. The Kier molecular flexibility index (Phi) is 5.32. The molecule has 1 atom stereocenters. The Morgan fingerprint density at radius 3 is 2.88 bits per heavy atom. The highest BCUT2D eigenvalue weighted by Crippen LogP contribution is 2.17. The molecule has 4 heteroatoms. The number of carbonyl (C=O) groups is 1. The molecule has 0 saturated heterocycles. The van der Waals surface area contributed by atoms with Gasteiger partial charge < -0.3 is 9.47 Å². The lowest BCUT2D eigenvalue weighted by molar-refractivity contribution is -0.139. The number of alkyl halides is 1. The molecule has 16 heavy (non-hydrogen) atoms. The standard InChI is InChI=1S/C12H15BrO3/c1-3-16-10-6-4-5-9(7-10)8-11(13)12(14)15-2/h4-7,11H,3,8H2,1-2H3. The van der Waals surface area contributed by atoms with Crippen molar-refractivity contribution < 1.29 is 14.3 Å². The van der Waals surface area contributed by atoms with Crippen LogP contribution in [-0.4, -0.2) is 24.5 Å². The van der Waals surface area contributed by atoms with Crippen LogP contribution in [0.2, 0.25) is 0 Å². The SMILES string of the molecule is CCOc1cccc(CC(Br)C(=O)OC)c1. The highest BCUT2D eigenvalue weighted by atomic mass is 79.9. The predicted molar refractivity (Wildman–Crippen MR) is 66.0 cm³/mol. The fourth-order valence-corrected chi connectivity index (χ4v) is 1.91. The van der Waals surface area contributed by atoms with Crippen LogP contribution in [0.3, 0.4) is 0 Å². The number of rotatable bonds is 5. The Hall–Kier alpha value is -1.03. The molecule has 0 fully saturated rings. The number of hydrogen-bond acceptors (Lipinski definition) is 3. The summed E-state index contributed by atoms with van der Waals surface area (Å²) < 4.78 is 10.0. The van der Waals surface area contributed by atoms with Crippen LogP contribution in [-0.2, 0) is 16.0 Å². The van der Waals surface area contributed by atoms with Crippen LogP contribution in [0.4, 0.5) is 0 Å². The second-order valence-electron chi connectivity index (χ2n) is 3.28. The largest absolute Gasteiger partial charge is 0.494 e. The lowest BCUT2D eigenvalue weighted by Crippen LogP contribution is -2.18. The number of benzene rings is 1. The van der Waals surface area contributed by atoms with E-state index in [0.717, 1.165) is 11.3 Å². The van der Waals surface area contributed by atoms with Gasteiger partial charge in [-0.05, 0) is 31.0 Å². The number of carbonyl (C=O) groups excluding carboxylic acids is 1. The predicted octanol–water partition coefficient (Wildman–Crippen LogP) is 2.56. The molecule has 0 radical (unpaired) electrons. The molecule has 1 aromatic rings. The Balaban J connectivity index is 2.66. The Bertz CT molecular complexity index is 352. The molecule has 0 aromatic heterocycles. The third-order valence-corrected chi connectivity index (χ3v) is 2.78. The van der Waals surface area contributed by atoms with E-state index in [1.165, 1.54) is 7.11 Å². The van der Waals surface area contributed by atoms with Gasteiger partial charge in [0, 0.05) is 0 Å². The van der Waals surface area contributed by atoms with Crippen molar-refractivity contribution in [3.63, 3.8) is 0 Å². The average molecular weight is 287 g/mol. The molecular weight excluding hydrogens is 272 g/mol. The van der Waals surface area contributed by atoms with Gasteiger partial charge in [0.05, 0.1) is 13.7 Å². The van der Waals surface area contributed by atoms with Gasteiger partial charge in [-0.3, -0.25) is 4.79 Å². The van der Waals surface area contributed by atoms with E-state index >= 15 is 0 Å². The van der Waals surface area contributed by atoms with Crippen LogP contribution in [0.5, 0.6) is 5.75 Å². The van der Waals surface area contributed by atoms with Gasteiger partial charge in [-0.2, -0.15) is 0 Å². The molecule has 1 unspecified atom stereocenters. The van der Waals surface area contributed by atoms with E-state index in [1.54, 1.807) is 0 Å². The number of hydrogen-bond donors (Lipinski definition) is 0. The van der Waals surface area contributed by atoms with Crippen LogP contribution in [0, 0.1) is 0 Å². The molecule has 3 nitrogen and oxygen atoms in total. The molecule has 0 saturated carbocycles. The van der Waals surface area contributed by atoms with Crippen LogP contribution in [0.25, 0.3) is 0 Å². The Labute approximate surface area is 104 Å². The Morgan fingerprint density at radius 2 is 2.25 bits per heavy atom. The van der Waals surface area contributed by atoms with Crippen molar-refractivity contribution >= 4 is 21.9 Å². The summed E-state index contributed by atoms with van der Waals surface area (Å²) in [6.07, 6.45) is 0.591. The number of ether oxygens (including phenoxy) is 2. The molecule has 0 N–H and O–H groups in total. The minimum Gasteiger partial charge on any atom is -0.494 e. The van der Waals surface area contributed by atoms with Gasteiger partial charge in [0.2, 0.25) is 0 Å². The van der Waals surface area contributed by atoms with Gasteiger partial charge in [-0.15, -0.1) is 0 Å². The van der Waals surface area contributed by atoms with Gasteiger partial charge >= 0.3 is 5.97 Å². The molecule has 0 aliphatic heterocycles. The number of esters is 1. The summed E-state index contributed by atoms with van der Waals surface area (Å²) in [4.78, 5) is 10.9. The van der Waals surface area contributed by atoms with Crippen molar-refractivity contribution in [2.75, 3.05) is 13.7 Å². The summed E-state index contributed by atoms with van der Waals surface area (Å²) in [5.41, 5.74) is 1.04. The molecular formula is C12H15BrO3. The summed E-state index contributed by atoms with van der Waals surface area (Å²) in [7, 11) is 1.38. The molecule has 0 aliphatic rings. The molecule has 0 aliphatic carbocycles. The summed E-state index contributed by atoms with van der Waals surface area (Å²) in [6, 6.07) is 7.70. The topological polar surface area (TPSA) is 35.5 Å². The molecule has 0 amide bonds.